The number of aryl methyl sites for hydroxylation is 2. The highest BCUT2D eigenvalue weighted by Gasteiger charge is 2.45. The van der Waals surface area contributed by atoms with Crippen molar-refractivity contribution < 1.29 is 0 Å². The first-order valence-corrected chi connectivity index (χ1v) is 43.5. The summed E-state index contributed by atoms with van der Waals surface area (Å²) < 4.78 is 0. The number of anilines is 12. The zero-order valence-corrected chi connectivity index (χ0v) is 75.7. The van der Waals surface area contributed by atoms with Gasteiger partial charge in [0, 0.05) is 78.5 Å². The van der Waals surface area contributed by atoms with E-state index in [0.29, 0.717) is 5.02 Å². The van der Waals surface area contributed by atoms with Gasteiger partial charge in [0.2, 0.25) is 0 Å². The zero-order chi connectivity index (χ0) is 85.4. The van der Waals surface area contributed by atoms with Gasteiger partial charge in [-0.25, -0.2) is 0 Å². The van der Waals surface area contributed by atoms with E-state index in [-0.39, 0.29) is 64.9 Å². The lowest BCUT2D eigenvalue weighted by Gasteiger charge is -2.45. The molecule has 14 aromatic carbocycles. The van der Waals surface area contributed by atoms with Gasteiger partial charge in [-0.05, 0) is 239 Å². The summed E-state index contributed by atoms with van der Waals surface area (Å²) in [6, 6.07) is 122. The van der Waals surface area contributed by atoms with Crippen LogP contribution in [0.15, 0.2) is 328 Å². The Morgan fingerprint density at radius 1 is 0.238 bits per heavy atom. The van der Waals surface area contributed by atoms with Crippen molar-refractivity contribution in [2.24, 2.45) is 0 Å². The smallest absolute Gasteiger partial charge is 0.252 e. The van der Waals surface area contributed by atoms with Gasteiger partial charge in [-0.1, -0.05) is 383 Å². The fourth-order valence-electron chi connectivity index (χ4n) is 18.0. The third kappa shape index (κ3) is 17.2. The maximum atomic E-state index is 7.86. The molecule has 0 radical (unpaired) electrons. The maximum absolute atomic E-state index is 7.86. The van der Waals surface area contributed by atoms with Gasteiger partial charge in [0.05, 0.1) is 16.4 Å². The van der Waals surface area contributed by atoms with Crippen LogP contribution in [0.4, 0.5) is 68.2 Å². The van der Waals surface area contributed by atoms with Gasteiger partial charge < -0.3 is 19.6 Å². The van der Waals surface area contributed by atoms with Crippen LogP contribution in [0.5, 0.6) is 0 Å². The van der Waals surface area contributed by atoms with Crippen LogP contribution in [0.3, 0.4) is 0 Å². The Hall–Kier alpha value is -11.4. The molecule has 0 N–H and O–H groups in total. The van der Waals surface area contributed by atoms with Gasteiger partial charge >= 0.3 is 0 Å². The van der Waals surface area contributed by atoms with Crippen molar-refractivity contribution >= 4 is 103 Å². The van der Waals surface area contributed by atoms with Crippen molar-refractivity contribution in [3.05, 3.63) is 410 Å². The standard InChI is InChI=1S/C57H59BN2.C57H61ClN2.2CH4/c1-38-34-51-53-52(35-38)60(46-30-24-42(25-31-46)56(8,9)40-18-14-12-15-19-40)50-33-27-44(57(10,11)41-20-16-13-17-21-41)37-48(50)58(53)47-36-43(55(5,6)7)26-32-49(47)59(51)45-28-22-39(23-29-45)54(2,3)4;1-40-38-51(59(47-30-22-41(23-31-47)54(2,3)4)48-32-24-42(25-33-48)55(5,6)7)53(58)52(39-40)60(49-34-26-45(27-35-49)56(8,9)43-18-14-12-15-19-43)50-36-28-46(29-37-50)57(10,11)44-20-16-13-17-21-44;;/h12-37H,1-11H3;12-39H,1-11H3;2*1H4. The molecule has 0 saturated heterocycles. The van der Waals surface area contributed by atoms with Crippen molar-refractivity contribution in [3.8, 4) is 0 Å². The molecule has 2 aliphatic heterocycles. The highest BCUT2D eigenvalue weighted by Crippen LogP contribution is 2.52. The predicted octanol–water partition coefficient (Wildman–Crippen LogP) is 31.4. The van der Waals surface area contributed by atoms with Crippen LogP contribution < -0.4 is 36.0 Å². The molecule has 6 heteroatoms. The van der Waals surface area contributed by atoms with Crippen LogP contribution >= 0.6 is 11.6 Å². The molecule has 0 bridgehead atoms. The average molecular weight is 1620 g/mol. The van der Waals surface area contributed by atoms with Crippen molar-refractivity contribution in [2.45, 2.75) is 210 Å². The lowest BCUT2D eigenvalue weighted by atomic mass is 9.33. The first-order chi connectivity index (χ1) is 56.8. The number of hydrogen-bond acceptors (Lipinski definition) is 4. The number of nitrogens with zero attached hydrogens (tertiary/aromatic N) is 4. The second kappa shape index (κ2) is 33.8. The van der Waals surface area contributed by atoms with Crippen molar-refractivity contribution in [1.29, 1.82) is 0 Å². The Labute approximate surface area is 738 Å². The molecule has 0 aliphatic carbocycles. The highest BCUT2D eigenvalue weighted by atomic mass is 35.5. The summed E-state index contributed by atoms with van der Waals surface area (Å²) in [7, 11) is 0. The van der Waals surface area contributed by atoms with Crippen LogP contribution in [-0.4, -0.2) is 6.71 Å². The molecular formula is C116H128BClN4. The van der Waals surface area contributed by atoms with Crippen molar-refractivity contribution in [3.63, 3.8) is 0 Å². The Balaban J connectivity index is 0.000000207. The maximum Gasteiger partial charge on any atom is 0.252 e. The average Bonchev–Trinajstić information content (AvgIpc) is 0.691. The summed E-state index contributed by atoms with van der Waals surface area (Å²) in [5.74, 6) is 0. The monoisotopic (exact) mass is 1620 g/mol. The Morgan fingerprint density at radius 3 is 0.762 bits per heavy atom. The summed E-state index contributed by atoms with van der Waals surface area (Å²) >= 11 is 7.86. The van der Waals surface area contributed by atoms with Gasteiger partial charge in [-0.3, -0.25) is 0 Å². The third-order valence-electron chi connectivity index (χ3n) is 26.0. The number of rotatable bonds is 16. The van der Waals surface area contributed by atoms with Gasteiger partial charge in [0.1, 0.15) is 0 Å². The largest absolute Gasteiger partial charge is 0.311 e. The fourth-order valence-corrected chi connectivity index (χ4v) is 18.2. The first-order valence-electron chi connectivity index (χ1n) is 43.1. The van der Waals surface area contributed by atoms with E-state index >= 15 is 0 Å². The van der Waals surface area contributed by atoms with Crippen LogP contribution in [0, 0.1) is 13.8 Å². The lowest BCUT2D eigenvalue weighted by Crippen LogP contribution is -2.61. The Bertz CT molecular complexity index is 5830. The predicted molar refractivity (Wildman–Crippen MR) is 533 cm³/mol. The van der Waals surface area contributed by atoms with E-state index < -0.39 is 0 Å². The Morgan fingerprint density at radius 2 is 0.467 bits per heavy atom. The number of halogens is 1. The van der Waals surface area contributed by atoms with Gasteiger partial charge in [0.25, 0.3) is 6.71 Å². The van der Waals surface area contributed by atoms with E-state index in [1.165, 1.54) is 123 Å². The molecule has 16 rings (SSSR count). The van der Waals surface area contributed by atoms with Crippen LogP contribution in [-0.2, 0) is 43.3 Å². The summed E-state index contributed by atoms with van der Waals surface area (Å²) in [6.07, 6.45) is 0. The molecule has 0 unspecified atom stereocenters. The van der Waals surface area contributed by atoms with Gasteiger partial charge in [0.15, 0.2) is 0 Å². The SMILES string of the molecule is C.C.Cc1cc(N(c2ccc(C(C)(C)C)cc2)c2ccc(C(C)(C)C)cc2)c(Cl)c(N(c2ccc(C(C)(C)c3ccccc3)cc2)c2ccc(C(C)(C)c3ccccc3)cc2)c1.Cc1cc2c3c(c1)N(c1ccc(C(C)(C)c4ccccc4)cc1)c1ccc(C(C)(C)c4ccccc4)cc1B3c1cc(C(C)(C)C)ccc1N2c1ccc(C(C)(C)C)cc1. The van der Waals surface area contributed by atoms with E-state index in [2.05, 4.69) is 500 Å². The summed E-state index contributed by atoms with van der Waals surface area (Å²) in [5, 5.41) is 0.669. The fraction of sp³-hybridized carbons (Fsp3) is 0.276. The normalized spacial score (nSPS) is 12.9. The second-order valence-electron chi connectivity index (χ2n) is 39.9. The van der Waals surface area contributed by atoms with Crippen LogP contribution in [0.25, 0.3) is 0 Å². The van der Waals surface area contributed by atoms with Crippen molar-refractivity contribution in [2.75, 3.05) is 19.6 Å². The molecule has 0 spiro atoms. The molecule has 0 aromatic heterocycles. The number of benzene rings is 14. The minimum Gasteiger partial charge on any atom is -0.311 e. The minimum atomic E-state index is -0.201. The molecule has 0 amide bonds. The van der Waals surface area contributed by atoms with E-state index in [4.69, 9.17) is 11.6 Å². The minimum absolute atomic E-state index is 0. The number of hydrogen-bond donors (Lipinski definition) is 0. The molecular weight excluding hydrogens is 1500 g/mol. The number of fused-ring (bicyclic) bond motifs is 4. The molecule has 622 valence electrons. The molecule has 4 nitrogen and oxygen atoms in total. The van der Waals surface area contributed by atoms with Crippen LogP contribution in [0.1, 0.15) is 231 Å². The first kappa shape index (κ1) is 88.4. The van der Waals surface area contributed by atoms with E-state index in [9.17, 15) is 0 Å². The molecule has 122 heavy (non-hydrogen) atoms. The summed E-state index contributed by atoms with van der Waals surface area (Å²) in [4.78, 5) is 9.73. The molecule has 0 fully saturated rings. The molecule has 2 heterocycles. The summed E-state index contributed by atoms with van der Waals surface area (Å²) in [5.41, 5.74) is 34.8. The van der Waals surface area contributed by atoms with E-state index in [1.54, 1.807) is 0 Å². The molecule has 14 aromatic rings. The molecule has 2 aliphatic rings. The second-order valence-corrected chi connectivity index (χ2v) is 40.3. The Kier molecular flexibility index (Phi) is 24.5. The quantitative estimate of drug-likeness (QED) is 0.0894. The molecule has 0 saturated carbocycles. The van der Waals surface area contributed by atoms with E-state index in [1.807, 2.05) is 0 Å². The topological polar surface area (TPSA) is 13.0 Å². The van der Waals surface area contributed by atoms with Crippen molar-refractivity contribution in [1.82, 2.24) is 0 Å². The van der Waals surface area contributed by atoms with Gasteiger partial charge in [-0.2, -0.15) is 0 Å². The van der Waals surface area contributed by atoms with Gasteiger partial charge in [-0.15, -0.1) is 0 Å². The lowest BCUT2D eigenvalue weighted by molar-refractivity contribution is 0.590. The van der Waals surface area contributed by atoms with Crippen LogP contribution in [0.2, 0.25) is 5.02 Å². The van der Waals surface area contributed by atoms with E-state index in [0.717, 1.165) is 39.7 Å². The zero-order valence-electron chi connectivity index (χ0n) is 74.9. The summed E-state index contributed by atoms with van der Waals surface area (Å²) in [6.45, 7) is 50.5. The highest BCUT2D eigenvalue weighted by molar-refractivity contribution is 7.00. The third-order valence-corrected chi connectivity index (χ3v) is 26.3. The molecule has 0 atom stereocenters.